The molecule has 0 aliphatic rings. The van der Waals surface area contributed by atoms with E-state index in [0.717, 1.165) is 12.1 Å². The number of alkyl halides is 3. The van der Waals surface area contributed by atoms with Crippen LogP contribution in [0, 0.1) is 0 Å². The Morgan fingerprint density at radius 3 is 2.47 bits per heavy atom. The second kappa shape index (κ2) is 4.73. The molecule has 0 saturated heterocycles. The first-order chi connectivity index (χ1) is 8.82. The summed E-state index contributed by atoms with van der Waals surface area (Å²) in [5.74, 6) is -0.450. The molecule has 19 heavy (non-hydrogen) atoms. The lowest BCUT2D eigenvalue weighted by Crippen LogP contribution is -2.05. The number of hydrogen-bond acceptors (Lipinski definition) is 3. The van der Waals surface area contributed by atoms with Gasteiger partial charge in [0.25, 0.3) is 0 Å². The maximum atomic E-state index is 12.7. The van der Waals surface area contributed by atoms with Crippen molar-refractivity contribution in [3.05, 3.63) is 40.1 Å². The second-order valence-electron chi connectivity index (χ2n) is 3.67. The fraction of sp³-hybridized carbons (Fsp3) is 0.0833. The average Bonchev–Trinajstić information content (AvgIpc) is 2.79. The summed E-state index contributed by atoms with van der Waals surface area (Å²) in [4.78, 5) is 10.5. The van der Waals surface area contributed by atoms with E-state index in [9.17, 15) is 23.1 Å². The standard InChI is InChI=1S/C12H6BrF3O3/c13-9-4-6(12(14,15)16)3-8(11(9)18)10-2-1-7(5-17)19-10/h1-5,18H. The fourth-order valence-corrected chi connectivity index (χ4v) is 1.97. The third-order valence-electron chi connectivity index (χ3n) is 2.40. The van der Waals surface area contributed by atoms with Crippen molar-refractivity contribution in [1.82, 2.24) is 0 Å². The van der Waals surface area contributed by atoms with Crippen molar-refractivity contribution in [1.29, 1.82) is 0 Å². The monoisotopic (exact) mass is 334 g/mol. The summed E-state index contributed by atoms with van der Waals surface area (Å²) < 4.78 is 42.9. The molecule has 1 aromatic carbocycles. The van der Waals surface area contributed by atoms with Crippen LogP contribution in [0.3, 0.4) is 0 Å². The third-order valence-corrected chi connectivity index (χ3v) is 3.00. The van der Waals surface area contributed by atoms with Crippen molar-refractivity contribution < 1.29 is 27.5 Å². The Bertz CT molecular complexity index is 632. The van der Waals surface area contributed by atoms with Crippen LogP contribution < -0.4 is 0 Å². The first-order valence-electron chi connectivity index (χ1n) is 4.98. The Morgan fingerprint density at radius 2 is 1.95 bits per heavy atom. The maximum Gasteiger partial charge on any atom is 0.416 e. The first kappa shape index (κ1) is 13.7. The minimum absolute atomic E-state index is 0.0219. The smallest absolute Gasteiger partial charge is 0.416 e. The van der Waals surface area contributed by atoms with Gasteiger partial charge in [0.05, 0.1) is 15.6 Å². The SMILES string of the molecule is O=Cc1ccc(-c2cc(C(F)(F)F)cc(Br)c2O)o1. The lowest BCUT2D eigenvalue weighted by molar-refractivity contribution is -0.137. The molecule has 0 radical (unpaired) electrons. The van der Waals surface area contributed by atoms with E-state index in [2.05, 4.69) is 15.9 Å². The second-order valence-corrected chi connectivity index (χ2v) is 4.53. The number of hydrogen-bond donors (Lipinski definition) is 1. The molecule has 0 fully saturated rings. The van der Waals surface area contributed by atoms with Gasteiger partial charge in [0, 0.05) is 0 Å². The molecule has 0 aliphatic carbocycles. The quantitative estimate of drug-likeness (QED) is 0.835. The number of aromatic hydroxyl groups is 1. The number of furan rings is 1. The van der Waals surface area contributed by atoms with Crippen LogP contribution in [0.1, 0.15) is 16.1 Å². The molecule has 1 aromatic heterocycles. The highest BCUT2D eigenvalue weighted by atomic mass is 79.9. The third kappa shape index (κ3) is 2.65. The van der Waals surface area contributed by atoms with Gasteiger partial charge in [-0.25, -0.2) is 0 Å². The van der Waals surface area contributed by atoms with Crippen molar-refractivity contribution in [2.24, 2.45) is 0 Å². The Morgan fingerprint density at radius 1 is 1.26 bits per heavy atom. The number of carbonyl (C=O) groups is 1. The molecule has 3 nitrogen and oxygen atoms in total. The highest BCUT2D eigenvalue weighted by molar-refractivity contribution is 9.10. The van der Waals surface area contributed by atoms with Gasteiger partial charge < -0.3 is 9.52 Å². The van der Waals surface area contributed by atoms with Gasteiger partial charge in [-0.05, 0) is 40.2 Å². The molecule has 0 saturated carbocycles. The Hall–Kier alpha value is -1.76. The predicted octanol–water partition coefficient (Wildman–Crippen LogP) is 4.25. The average molecular weight is 335 g/mol. The van der Waals surface area contributed by atoms with Crippen LogP contribution in [0.25, 0.3) is 11.3 Å². The van der Waals surface area contributed by atoms with Crippen molar-refractivity contribution >= 4 is 22.2 Å². The van der Waals surface area contributed by atoms with E-state index < -0.39 is 11.7 Å². The van der Waals surface area contributed by atoms with Gasteiger partial charge in [0.15, 0.2) is 12.0 Å². The highest BCUT2D eigenvalue weighted by Crippen LogP contribution is 2.41. The van der Waals surface area contributed by atoms with Crippen LogP contribution in [0.5, 0.6) is 5.75 Å². The number of aldehydes is 1. The maximum absolute atomic E-state index is 12.7. The molecule has 100 valence electrons. The van der Waals surface area contributed by atoms with Gasteiger partial charge in [-0.1, -0.05) is 0 Å². The minimum Gasteiger partial charge on any atom is -0.506 e. The molecular formula is C12H6BrF3O3. The molecule has 0 bridgehead atoms. The lowest BCUT2D eigenvalue weighted by atomic mass is 10.1. The van der Waals surface area contributed by atoms with E-state index in [0.29, 0.717) is 6.29 Å². The van der Waals surface area contributed by atoms with Crippen LogP contribution in [-0.2, 0) is 6.18 Å². The number of halogens is 4. The van der Waals surface area contributed by atoms with Crippen LogP contribution in [0.15, 0.2) is 33.2 Å². The lowest BCUT2D eigenvalue weighted by Gasteiger charge is -2.11. The van der Waals surface area contributed by atoms with Crippen molar-refractivity contribution in [2.75, 3.05) is 0 Å². The summed E-state index contributed by atoms with van der Waals surface area (Å²) in [5.41, 5.74) is -1.08. The van der Waals surface area contributed by atoms with Gasteiger partial charge in [0.1, 0.15) is 11.5 Å². The van der Waals surface area contributed by atoms with E-state index in [1.807, 2.05) is 0 Å². The topological polar surface area (TPSA) is 50.4 Å². The zero-order valence-corrected chi connectivity index (χ0v) is 10.7. The summed E-state index contributed by atoms with van der Waals surface area (Å²) in [5, 5.41) is 9.76. The zero-order chi connectivity index (χ0) is 14.2. The van der Waals surface area contributed by atoms with Crippen molar-refractivity contribution in [3.63, 3.8) is 0 Å². The molecule has 0 spiro atoms. The number of phenolic OH excluding ortho intramolecular Hbond substituents is 1. The van der Waals surface area contributed by atoms with Crippen LogP contribution in [0.4, 0.5) is 13.2 Å². The summed E-state index contributed by atoms with van der Waals surface area (Å²) in [7, 11) is 0. The minimum atomic E-state index is -4.55. The molecule has 1 N–H and O–H groups in total. The number of benzene rings is 1. The number of carbonyl (C=O) groups excluding carboxylic acids is 1. The van der Waals surface area contributed by atoms with Gasteiger partial charge in [-0.3, -0.25) is 4.79 Å². The highest BCUT2D eigenvalue weighted by Gasteiger charge is 2.32. The zero-order valence-electron chi connectivity index (χ0n) is 9.16. The van der Waals surface area contributed by atoms with Crippen LogP contribution in [-0.4, -0.2) is 11.4 Å². The van der Waals surface area contributed by atoms with Crippen molar-refractivity contribution in [3.8, 4) is 17.1 Å². The van der Waals surface area contributed by atoms with E-state index in [1.54, 1.807) is 0 Å². The van der Waals surface area contributed by atoms with Gasteiger partial charge in [0.2, 0.25) is 0 Å². The largest absolute Gasteiger partial charge is 0.506 e. The number of phenols is 1. The molecule has 0 aliphatic heterocycles. The molecule has 2 aromatic rings. The van der Waals surface area contributed by atoms with E-state index in [4.69, 9.17) is 4.42 Å². The molecule has 7 heteroatoms. The van der Waals surface area contributed by atoms with E-state index in [1.165, 1.54) is 12.1 Å². The normalized spacial score (nSPS) is 11.6. The van der Waals surface area contributed by atoms with Crippen LogP contribution >= 0.6 is 15.9 Å². The van der Waals surface area contributed by atoms with Gasteiger partial charge in [-0.2, -0.15) is 13.2 Å². The Balaban J connectivity index is 2.62. The van der Waals surface area contributed by atoms with Crippen LogP contribution in [0.2, 0.25) is 0 Å². The molecular weight excluding hydrogens is 329 g/mol. The van der Waals surface area contributed by atoms with Gasteiger partial charge in [-0.15, -0.1) is 0 Å². The molecule has 0 atom stereocenters. The van der Waals surface area contributed by atoms with Gasteiger partial charge >= 0.3 is 6.18 Å². The molecule has 0 amide bonds. The first-order valence-corrected chi connectivity index (χ1v) is 5.77. The fourth-order valence-electron chi connectivity index (χ4n) is 1.51. The molecule has 2 rings (SSSR count). The summed E-state index contributed by atoms with van der Waals surface area (Å²) >= 11 is 2.85. The summed E-state index contributed by atoms with van der Waals surface area (Å²) in [6, 6.07) is 4.14. The molecule has 1 heterocycles. The van der Waals surface area contributed by atoms with E-state index >= 15 is 0 Å². The number of rotatable bonds is 2. The molecule has 0 unspecified atom stereocenters. The Kier molecular flexibility index (Phi) is 3.40. The Labute approximate surface area is 113 Å². The van der Waals surface area contributed by atoms with E-state index in [-0.39, 0.29) is 27.3 Å². The summed E-state index contributed by atoms with van der Waals surface area (Å²) in [6.07, 6.45) is -4.13. The summed E-state index contributed by atoms with van der Waals surface area (Å²) in [6.45, 7) is 0. The predicted molar refractivity (Wildman–Crippen MR) is 63.9 cm³/mol. The van der Waals surface area contributed by atoms with Crippen molar-refractivity contribution in [2.45, 2.75) is 6.18 Å².